The van der Waals surface area contributed by atoms with E-state index < -0.39 is 0 Å². The summed E-state index contributed by atoms with van der Waals surface area (Å²) in [5.41, 5.74) is 12.5. The summed E-state index contributed by atoms with van der Waals surface area (Å²) >= 11 is 0. The van der Waals surface area contributed by atoms with E-state index in [1.165, 1.54) is 0 Å². The molecule has 0 rings (SSSR count). The fraction of sp³-hybridized carbons (Fsp3) is 0.767. The van der Waals surface area contributed by atoms with Gasteiger partial charge in [0.1, 0.15) is 0 Å². The van der Waals surface area contributed by atoms with Crippen molar-refractivity contribution in [3.05, 3.63) is 0 Å². The molecule has 0 aliphatic rings. The summed E-state index contributed by atoms with van der Waals surface area (Å²) in [5.74, 6) is 0.816. The first-order valence-electron chi connectivity index (χ1n) is 22.4. The van der Waals surface area contributed by atoms with Crippen LogP contribution in [0.5, 0.6) is 0 Å². The molecule has 0 unspecified atom stereocenters. The molecule has 0 spiro atoms. The van der Waals surface area contributed by atoms with E-state index in [1.807, 2.05) is 6.92 Å². The number of rotatable bonds is 33. The highest BCUT2D eigenvalue weighted by atomic mass is 16.3. The summed E-state index contributed by atoms with van der Waals surface area (Å²) in [5, 5.41) is 76.2. The van der Waals surface area contributed by atoms with Crippen LogP contribution in [-0.2, 0) is 24.0 Å². The highest BCUT2D eigenvalue weighted by molar-refractivity contribution is 5.85. The second-order valence-corrected chi connectivity index (χ2v) is 14.6. The lowest BCUT2D eigenvalue weighted by molar-refractivity contribution is -0.122. The first-order chi connectivity index (χ1) is 30.8. The van der Waals surface area contributed by atoms with Gasteiger partial charge in [0.25, 0.3) is 0 Å². The molecule has 5 amide bonds. The number of amidine groups is 2. The van der Waals surface area contributed by atoms with Crippen LogP contribution in [0.3, 0.4) is 0 Å². The SMILES string of the molecule is CC(=N)CCC(=O)NCCO.CC(=N)CCCCC(=O)NCCO.CC(=N)CCCCCCC(=O)NCCO.CC(N)=NCCC(=O)NCCO.CC(N)=NCCCCC(=O)NCCO. The Bertz CT molecular complexity index is 1310. The number of nitrogens with zero attached hydrogens (tertiary/aromatic N) is 2. The predicted molar refractivity (Wildman–Crippen MR) is 259 cm³/mol. The average molecular weight is 933 g/mol. The minimum atomic E-state index is -0.117. The summed E-state index contributed by atoms with van der Waals surface area (Å²) in [7, 11) is 0. The van der Waals surface area contributed by atoms with Crippen molar-refractivity contribution in [1.29, 1.82) is 16.2 Å². The lowest BCUT2D eigenvalue weighted by Crippen LogP contribution is -2.26. The molecular formula is C43H88N12O10. The molecule has 22 heteroatoms. The number of aliphatic hydroxyl groups excluding tert-OH is 5. The van der Waals surface area contributed by atoms with Gasteiger partial charge in [-0.3, -0.25) is 34.0 Å². The first-order valence-corrected chi connectivity index (χ1v) is 22.4. The maximum atomic E-state index is 11.1. The third-order valence-electron chi connectivity index (χ3n) is 7.68. The van der Waals surface area contributed by atoms with Crippen molar-refractivity contribution in [1.82, 2.24) is 26.6 Å². The Morgan fingerprint density at radius 1 is 0.369 bits per heavy atom. The molecule has 22 nitrogen and oxygen atoms in total. The first kappa shape index (κ1) is 69.1. The Kier molecular flexibility index (Phi) is 58.8. The van der Waals surface area contributed by atoms with Crippen molar-refractivity contribution in [3.8, 4) is 0 Å². The highest BCUT2D eigenvalue weighted by Gasteiger charge is 2.02. The Morgan fingerprint density at radius 3 is 0.954 bits per heavy atom. The van der Waals surface area contributed by atoms with Crippen LogP contribution in [0.2, 0.25) is 0 Å². The fourth-order valence-electron chi connectivity index (χ4n) is 4.41. The van der Waals surface area contributed by atoms with Crippen molar-refractivity contribution in [2.45, 2.75) is 137 Å². The fourth-order valence-corrected chi connectivity index (χ4v) is 4.41. The van der Waals surface area contributed by atoms with Crippen LogP contribution >= 0.6 is 0 Å². The molecule has 0 aromatic rings. The summed E-state index contributed by atoms with van der Waals surface area (Å²) in [6.07, 6.45) is 11.8. The lowest BCUT2D eigenvalue weighted by atomic mass is 10.1. The normalized spacial score (nSPS) is 10.4. The lowest BCUT2D eigenvalue weighted by Gasteiger charge is -2.03. The number of hydrogen-bond acceptors (Lipinski definition) is 15. The maximum Gasteiger partial charge on any atom is 0.221 e. The highest BCUT2D eigenvalue weighted by Crippen LogP contribution is 2.05. The molecule has 0 fully saturated rings. The largest absolute Gasteiger partial charge is 0.395 e. The number of unbranched alkanes of at least 4 members (excludes halogenated alkanes) is 5. The number of nitrogens with two attached hydrogens (primary N) is 2. The zero-order valence-electron chi connectivity index (χ0n) is 40.1. The summed E-state index contributed by atoms with van der Waals surface area (Å²) in [6, 6.07) is 0. The molecule has 0 atom stereocenters. The van der Waals surface area contributed by atoms with Crippen LogP contribution in [0, 0.1) is 16.2 Å². The van der Waals surface area contributed by atoms with Crippen molar-refractivity contribution >= 4 is 58.3 Å². The summed E-state index contributed by atoms with van der Waals surface area (Å²) < 4.78 is 0. The topological polar surface area (TPSA) is 395 Å². The third-order valence-corrected chi connectivity index (χ3v) is 7.68. The zero-order valence-corrected chi connectivity index (χ0v) is 40.1. The van der Waals surface area contributed by atoms with Gasteiger partial charge in [0.2, 0.25) is 29.5 Å². The van der Waals surface area contributed by atoms with Crippen LogP contribution in [0.15, 0.2) is 9.98 Å². The number of carbonyl (C=O) groups is 5. The Hall–Kier alpha value is -4.90. The number of hydrogen-bond donors (Lipinski definition) is 15. The van der Waals surface area contributed by atoms with E-state index in [9.17, 15) is 24.0 Å². The summed E-state index contributed by atoms with van der Waals surface area (Å²) in [4.78, 5) is 62.6. The number of aliphatic imine (C=N–C) groups is 2. The second-order valence-electron chi connectivity index (χ2n) is 14.6. The minimum absolute atomic E-state index is 0.00432. The molecule has 0 aliphatic carbocycles. The number of nitrogens with one attached hydrogen (secondary N) is 8. The Balaban J connectivity index is -0.000000232. The van der Waals surface area contributed by atoms with Gasteiger partial charge in [-0.25, -0.2) is 0 Å². The van der Waals surface area contributed by atoms with Crippen LogP contribution in [0.4, 0.5) is 0 Å². The molecule has 0 heterocycles. The van der Waals surface area contributed by atoms with Gasteiger partial charge in [0.05, 0.1) is 44.7 Å². The molecule has 380 valence electrons. The predicted octanol–water partition coefficient (Wildman–Crippen LogP) is 0.589. The van der Waals surface area contributed by atoms with Crippen LogP contribution in [0.25, 0.3) is 0 Å². The number of amides is 5. The minimum Gasteiger partial charge on any atom is -0.395 e. The molecule has 0 radical (unpaired) electrons. The Morgan fingerprint density at radius 2 is 0.631 bits per heavy atom. The maximum absolute atomic E-state index is 11.1. The van der Waals surface area contributed by atoms with Crippen LogP contribution < -0.4 is 38.1 Å². The molecule has 0 bridgehead atoms. The van der Waals surface area contributed by atoms with Gasteiger partial charge in [-0.2, -0.15) is 0 Å². The van der Waals surface area contributed by atoms with Crippen molar-refractivity contribution < 1.29 is 49.5 Å². The molecule has 0 saturated heterocycles. The smallest absolute Gasteiger partial charge is 0.221 e. The molecule has 17 N–H and O–H groups in total. The average Bonchev–Trinajstić information content (AvgIpc) is 3.25. The molecule has 65 heavy (non-hydrogen) atoms. The summed E-state index contributed by atoms with van der Waals surface area (Å²) in [6.45, 7) is 11.3. The van der Waals surface area contributed by atoms with Crippen LogP contribution in [-0.4, -0.2) is 163 Å². The van der Waals surface area contributed by atoms with Gasteiger partial charge in [0.15, 0.2) is 0 Å². The van der Waals surface area contributed by atoms with Gasteiger partial charge >= 0.3 is 0 Å². The standard InChI is InChI=1S/C11H22N2O2.C9H19N3O2.C9H18N2O2.C7H15N3O2.C7H14N2O2/c1-10(12)6-4-2-3-5-7-11(15)13-8-9-14;1-8(10)11-5-3-2-4-9(14)12-6-7-13;1-8(10)4-2-3-5-9(13)11-6-7-12;1-6(8)9-3-2-7(12)10-4-5-11;1-6(8)2-3-7(11)9-4-5-10/h12,14H,2-9H2,1H3,(H,13,15);13H,2-7H2,1H3,(H2,10,11)(H,12,14);10,12H,2-7H2,1H3,(H,11,13);11H,2-5H2,1H3,(H2,8,9)(H,10,12);8,10H,2-5H2,1H3,(H,9,11). The van der Waals surface area contributed by atoms with E-state index in [4.69, 9.17) is 53.2 Å². The van der Waals surface area contributed by atoms with Gasteiger partial charge in [-0.1, -0.05) is 12.8 Å². The van der Waals surface area contributed by atoms with Gasteiger partial charge in [0, 0.05) is 95.1 Å². The van der Waals surface area contributed by atoms with Crippen molar-refractivity contribution in [3.63, 3.8) is 0 Å². The van der Waals surface area contributed by atoms with Gasteiger partial charge < -0.3 is 79.8 Å². The third kappa shape index (κ3) is 76.8. The van der Waals surface area contributed by atoms with E-state index in [0.29, 0.717) is 107 Å². The molecule has 0 aromatic heterocycles. The molecular weight excluding hydrogens is 845 g/mol. The molecule has 0 saturated carbocycles. The molecule has 0 aromatic carbocycles. The monoisotopic (exact) mass is 933 g/mol. The van der Waals surface area contributed by atoms with Gasteiger partial charge in [-0.15, -0.1) is 0 Å². The second kappa shape index (κ2) is 55.2. The molecule has 0 aliphatic heterocycles. The van der Waals surface area contributed by atoms with E-state index in [0.717, 1.165) is 69.9 Å². The number of aliphatic hydroxyl groups is 5. The van der Waals surface area contributed by atoms with E-state index in [-0.39, 0.29) is 62.6 Å². The van der Waals surface area contributed by atoms with E-state index >= 15 is 0 Å². The zero-order chi connectivity index (χ0) is 50.5. The van der Waals surface area contributed by atoms with E-state index in [2.05, 4.69) is 36.6 Å². The number of carbonyl (C=O) groups excluding carboxylic acids is 5. The van der Waals surface area contributed by atoms with Crippen molar-refractivity contribution in [2.75, 3.05) is 78.8 Å². The van der Waals surface area contributed by atoms with E-state index in [1.54, 1.807) is 27.7 Å². The quantitative estimate of drug-likeness (QED) is 0.0244. The van der Waals surface area contributed by atoms with Crippen LogP contribution in [0.1, 0.15) is 137 Å². The van der Waals surface area contributed by atoms with Gasteiger partial charge in [-0.05, 0) is 92.4 Å². The van der Waals surface area contributed by atoms with Crippen molar-refractivity contribution in [2.24, 2.45) is 21.5 Å². The Labute approximate surface area is 387 Å².